The van der Waals surface area contributed by atoms with E-state index in [2.05, 4.69) is 6.92 Å². The lowest BCUT2D eigenvalue weighted by Gasteiger charge is -2.52. The van der Waals surface area contributed by atoms with E-state index >= 15 is 0 Å². The molecule has 2 fully saturated rings. The second-order valence-corrected chi connectivity index (χ2v) is 14.1. The van der Waals surface area contributed by atoms with Gasteiger partial charge in [-0.3, -0.25) is 4.79 Å². The standard InChI is InChI=1S/C32H45F5O3S/c1-30-17-15-23-22-12-11-21(38)20-25(22)29(40)24(28(23)26(30)13-14-27(30)39)10-7-5-3-2-4-6-8-18-41-19-9-16-31(33,34)32(35,36)37/h11-12,20,23-24,26-28,38-39H,2-10,13-19H2,1H3/t23-,24+,26+,27+,28+,30+/m1/s1. The minimum atomic E-state index is -5.46. The fourth-order valence-corrected chi connectivity index (χ4v) is 8.92. The Bertz CT molecular complexity index is 1030. The van der Waals surface area contributed by atoms with E-state index in [-0.39, 0.29) is 41.3 Å². The molecule has 0 heterocycles. The number of halogens is 5. The molecule has 4 rings (SSSR count). The summed E-state index contributed by atoms with van der Waals surface area (Å²) in [5.41, 5.74) is 1.64. The fourth-order valence-electron chi connectivity index (χ4n) is 7.96. The number of alkyl halides is 5. The number of phenols is 1. The first-order chi connectivity index (χ1) is 19.4. The summed E-state index contributed by atoms with van der Waals surface area (Å²) in [5, 5.41) is 20.9. The number of aliphatic hydroxyl groups excluding tert-OH is 1. The Morgan fingerprint density at radius 3 is 2.29 bits per heavy atom. The van der Waals surface area contributed by atoms with Gasteiger partial charge in [0, 0.05) is 17.9 Å². The van der Waals surface area contributed by atoms with E-state index in [0.29, 0.717) is 23.2 Å². The monoisotopic (exact) mass is 604 g/mol. The third-order valence-corrected chi connectivity index (χ3v) is 11.4. The Morgan fingerprint density at radius 1 is 0.927 bits per heavy atom. The smallest absolute Gasteiger partial charge is 0.453 e. The number of Topliss-reactive ketones (excluding diaryl/α,β-unsaturated/α-hetero) is 1. The lowest BCUT2D eigenvalue weighted by molar-refractivity contribution is -0.284. The van der Waals surface area contributed by atoms with Crippen LogP contribution in [0, 0.1) is 23.2 Å². The summed E-state index contributed by atoms with van der Waals surface area (Å²) >= 11 is 1.44. The van der Waals surface area contributed by atoms with Crippen LogP contribution in [0.4, 0.5) is 22.0 Å². The molecule has 0 aliphatic heterocycles. The molecule has 3 aliphatic carbocycles. The van der Waals surface area contributed by atoms with Crippen molar-refractivity contribution in [3.8, 4) is 5.75 Å². The molecular formula is C32H45F5O3S. The number of hydrogen-bond donors (Lipinski definition) is 2. The Hall–Kier alpha value is -1.35. The summed E-state index contributed by atoms with van der Waals surface area (Å²) in [5.74, 6) is -2.41. The van der Waals surface area contributed by atoms with E-state index in [9.17, 15) is 37.0 Å². The Balaban J connectivity index is 1.17. The van der Waals surface area contributed by atoms with Gasteiger partial charge in [0.2, 0.25) is 0 Å². The van der Waals surface area contributed by atoms with Gasteiger partial charge in [-0.2, -0.15) is 33.7 Å². The van der Waals surface area contributed by atoms with E-state index < -0.39 is 18.5 Å². The highest BCUT2D eigenvalue weighted by Gasteiger charge is 2.58. The van der Waals surface area contributed by atoms with Gasteiger partial charge in [-0.25, -0.2) is 0 Å². The van der Waals surface area contributed by atoms with Crippen LogP contribution in [0.5, 0.6) is 5.75 Å². The van der Waals surface area contributed by atoms with Crippen LogP contribution in [0.15, 0.2) is 18.2 Å². The SMILES string of the molecule is C[C@]12CC[C@@H]3c4ccc(O)cc4C(=O)[C@@H](CCCCCCCCCSCCCC(F)(F)C(F)(F)F)[C@H]3[C@@H]1CC[C@@H]2O. The number of aromatic hydroxyl groups is 1. The van der Waals surface area contributed by atoms with Gasteiger partial charge in [-0.05, 0) is 97.3 Å². The van der Waals surface area contributed by atoms with Crippen LogP contribution in [-0.2, 0) is 0 Å². The average molecular weight is 605 g/mol. The van der Waals surface area contributed by atoms with Crippen LogP contribution in [0.3, 0.4) is 0 Å². The van der Waals surface area contributed by atoms with Gasteiger partial charge in [0.25, 0.3) is 0 Å². The van der Waals surface area contributed by atoms with Gasteiger partial charge in [0.05, 0.1) is 6.10 Å². The van der Waals surface area contributed by atoms with Crippen LogP contribution in [0.25, 0.3) is 0 Å². The maximum Gasteiger partial charge on any atom is 0.453 e. The molecule has 1 aromatic rings. The molecule has 3 nitrogen and oxygen atoms in total. The van der Waals surface area contributed by atoms with E-state index in [1.807, 2.05) is 6.07 Å². The van der Waals surface area contributed by atoms with Crippen molar-refractivity contribution < 1.29 is 37.0 Å². The lowest BCUT2D eigenvalue weighted by atomic mass is 9.51. The first-order valence-corrected chi connectivity index (χ1v) is 16.6. The van der Waals surface area contributed by atoms with Gasteiger partial charge in [-0.15, -0.1) is 0 Å². The number of thioether (sulfide) groups is 1. The fraction of sp³-hybridized carbons (Fsp3) is 0.781. The van der Waals surface area contributed by atoms with Crippen molar-refractivity contribution in [3.05, 3.63) is 29.3 Å². The van der Waals surface area contributed by atoms with E-state index in [1.165, 1.54) is 11.8 Å². The minimum absolute atomic E-state index is 0.0719. The molecule has 0 saturated heterocycles. The zero-order chi connectivity index (χ0) is 29.8. The third kappa shape index (κ3) is 7.25. The minimum Gasteiger partial charge on any atom is -0.508 e. The van der Waals surface area contributed by atoms with Crippen molar-refractivity contribution in [2.24, 2.45) is 23.2 Å². The maximum atomic E-state index is 13.8. The Kier molecular flexibility index (Phi) is 10.7. The Morgan fingerprint density at radius 2 is 1.59 bits per heavy atom. The molecule has 0 amide bonds. The predicted octanol–water partition coefficient (Wildman–Crippen LogP) is 9.31. The first kappa shape index (κ1) is 32.6. The molecule has 1 aromatic carbocycles. The summed E-state index contributed by atoms with van der Waals surface area (Å²) < 4.78 is 62.4. The normalized spacial score (nSPS) is 29.7. The molecule has 9 heteroatoms. The summed E-state index contributed by atoms with van der Waals surface area (Å²) in [4.78, 5) is 13.8. The quantitative estimate of drug-likeness (QED) is 0.164. The molecule has 0 unspecified atom stereocenters. The van der Waals surface area contributed by atoms with Crippen molar-refractivity contribution in [1.82, 2.24) is 0 Å². The molecule has 232 valence electrons. The first-order valence-electron chi connectivity index (χ1n) is 15.4. The number of ketones is 1. The summed E-state index contributed by atoms with van der Waals surface area (Å²) in [7, 11) is 0. The van der Waals surface area contributed by atoms with Crippen LogP contribution >= 0.6 is 11.8 Å². The average Bonchev–Trinajstić information content (AvgIpc) is 3.21. The largest absolute Gasteiger partial charge is 0.508 e. The molecule has 0 aromatic heterocycles. The van der Waals surface area contributed by atoms with Crippen molar-refractivity contribution in [3.63, 3.8) is 0 Å². The molecule has 2 saturated carbocycles. The molecule has 41 heavy (non-hydrogen) atoms. The summed E-state index contributed by atoms with van der Waals surface area (Å²) in [6.45, 7) is 2.21. The summed E-state index contributed by atoms with van der Waals surface area (Å²) in [6.07, 6.45) is 4.66. The number of benzene rings is 1. The van der Waals surface area contributed by atoms with Crippen LogP contribution < -0.4 is 0 Å². The van der Waals surface area contributed by atoms with Gasteiger partial charge in [0.1, 0.15) is 5.75 Å². The van der Waals surface area contributed by atoms with E-state index in [1.54, 1.807) is 12.1 Å². The second kappa shape index (κ2) is 13.5. The molecule has 0 radical (unpaired) electrons. The van der Waals surface area contributed by atoms with Gasteiger partial charge < -0.3 is 10.2 Å². The second-order valence-electron chi connectivity index (χ2n) is 12.9. The van der Waals surface area contributed by atoms with Crippen molar-refractivity contribution in [2.45, 2.75) is 121 Å². The third-order valence-electron chi connectivity index (χ3n) is 10.3. The zero-order valence-electron chi connectivity index (χ0n) is 24.0. The molecule has 3 aliphatic rings. The predicted molar refractivity (Wildman–Crippen MR) is 153 cm³/mol. The number of phenolic OH excluding ortho intramolecular Hbond substituents is 1. The molecule has 2 N–H and O–H groups in total. The zero-order valence-corrected chi connectivity index (χ0v) is 24.8. The number of fused-ring (bicyclic) bond motifs is 5. The lowest BCUT2D eigenvalue weighted by Crippen LogP contribution is -2.49. The molecule has 6 atom stereocenters. The van der Waals surface area contributed by atoms with Crippen molar-refractivity contribution in [2.75, 3.05) is 11.5 Å². The van der Waals surface area contributed by atoms with Crippen molar-refractivity contribution >= 4 is 17.5 Å². The van der Waals surface area contributed by atoms with Crippen LogP contribution in [0.2, 0.25) is 0 Å². The Labute approximate surface area is 245 Å². The molecule has 0 spiro atoms. The highest BCUT2D eigenvalue weighted by atomic mass is 32.2. The molecule has 0 bridgehead atoms. The van der Waals surface area contributed by atoms with Crippen LogP contribution in [0.1, 0.15) is 119 Å². The number of carbonyl (C=O) groups excluding carboxylic acids is 1. The van der Waals surface area contributed by atoms with E-state index in [4.69, 9.17) is 0 Å². The number of aliphatic hydroxyl groups is 1. The number of unbranched alkanes of at least 4 members (excludes halogenated alkanes) is 6. The van der Waals surface area contributed by atoms with Gasteiger partial charge in [-0.1, -0.05) is 51.5 Å². The van der Waals surface area contributed by atoms with E-state index in [0.717, 1.165) is 88.4 Å². The number of hydrogen-bond acceptors (Lipinski definition) is 4. The number of rotatable bonds is 14. The highest BCUT2D eigenvalue weighted by molar-refractivity contribution is 7.99. The maximum absolute atomic E-state index is 13.8. The van der Waals surface area contributed by atoms with Crippen molar-refractivity contribution in [1.29, 1.82) is 0 Å². The number of carbonyl (C=O) groups is 1. The van der Waals surface area contributed by atoms with Gasteiger partial charge in [0.15, 0.2) is 5.78 Å². The van der Waals surface area contributed by atoms with Crippen LogP contribution in [-0.4, -0.2) is 45.7 Å². The highest BCUT2D eigenvalue weighted by Crippen LogP contribution is 2.62. The van der Waals surface area contributed by atoms with Gasteiger partial charge >= 0.3 is 12.1 Å². The topological polar surface area (TPSA) is 57.5 Å². The molecular weight excluding hydrogens is 559 g/mol. The summed E-state index contributed by atoms with van der Waals surface area (Å²) in [6, 6.07) is 5.28.